The van der Waals surface area contributed by atoms with Crippen LogP contribution in [-0.2, 0) is 5.75 Å². The Kier molecular flexibility index (Phi) is 2.07. The molecule has 62 valence electrons. The number of fused-ring (bicyclic) bond motifs is 1. The van der Waals surface area contributed by atoms with Crippen LogP contribution < -0.4 is 5.32 Å². The fourth-order valence-corrected chi connectivity index (χ4v) is 2.29. The van der Waals surface area contributed by atoms with E-state index in [1.54, 1.807) is 11.8 Å². The zero-order valence-electron chi connectivity index (χ0n) is 6.76. The average Bonchev–Trinajstić information content (AvgIpc) is 2.07. The summed E-state index contributed by atoms with van der Waals surface area (Å²) in [7, 11) is 0. The molecule has 0 spiro atoms. The van der Waals surface area contributed by atoms with E-state index in [9.17, 15) is 0 Å². The standard InChI is InChI=1S/C9H9NS2/c1-6-3-2-4-7-5-12-9(11)10-8(6)7/h2-4H,5H2,1H3,(H,10,11). The highest BCUT2D eigenvalue weighted by atomic mass is 32.2. The number of hydrogen-bond donors (Lipinski definition) is 1. The summed E-state index contributed by atoms with van der Waals surface area (Å²) in [5.41, 5.74) is 3.84. The van der Waals surface area contributed by atoms with E-state index in [4.69, 9.17) is 12.2 Å². The van der Waals surface area contributed by atoms with Crippen LogP contribution in [0.2, 0.25) is 0 Å². The fourth-order valence-electron chi connectivity index (χ4n) is 1.31. The number of aryl methyl sites for hydroxylation is 1. The fraction of sp³-hybridized carbons (Fsp3) is 0.222. The van der Waals surface area contributed by atoms with Crippen LogP contribution in [0.25, 0.3) is 0 Å². The summed E-state index contributed by atoms with van der Waals surface area (Å²) >= 11 is 6.78. The summed E-state index contributed by atoms with van der Waals surface area (Å²) in [5.74, 6) is 1.00. The molecule has 1 aromatic carbocycles. The van der Waals surface area contributed by atoms with Crippen molar-refractivity contribution in [2.45, 2.75) is 12.7 Å². The molecule has 2 rings (SSSR count). The molecule has 1 heterocycles. The topological polar surface area (TPSA) is 12.0 Å². The molecule has 12 heavy (non-hydrogen) atoms. The Hall–Kier alpha value is -0.540. The van der Waals surface area contributed by atoms with Crippen molar-refractivity contribution in [2.75, 3.05) is 5.32 Å². The van der Waals surface area contributed by atoms with Crippen molar-refractivity contribution in [1.29, 1.82) is 0 Å². The van der Waals surface area contributed by atoms with Gasteiger partial charge in [0.15, 0.2) is 0 Å². The SMILES string of the molecule is Cc1cccc2c1NC(=S)SC2. The van der Waals surface area contributed by atoms with E-state index < -0.39 is 0 Å². The van der Waals surface area contributed by atoms with E-state index in [0.29, 0.717) is 0 Å². The number of hydrogen-bond acceptors (Lipinski definition) is 2. The summed E-state index contributed by atoms with van der Waals surface area (Å²) < 4.78 is 0.886. The van der Waals surface area contributed by atoms with Crippen LogP contribution in [0.1, 0.15) is 11.1 Å². The largest absolute Gasteiger partial charge is 0.341 e. The molecule has 0 fully saturated rings. The molecule has 0 unspecified atom stereocenters. The first-order valence-electron chi connectivity index (χ1n) is 3.79. The summed E-state index contributed by atoms with van der Waals surface area (Å²) in [6.07, 6.45) is 0. The van der Waals surface area contributed by atoms with E-state index >= 15 is 0 Å². The van der Waals surface area contributed by atoms with Gasteiger partial charge in [-0.15, -0.1) is 0 Å². The van der Waals surface area contributed by atoms with Crippen LogP contribution in [0, 0.1) is 6.92 Å². The minimum Gasteiger partial charge on any atom is -0.341 e. The molecule has 1 aliphatic rings. The number of benzene rings is 1. The van der Waals surface area contributed by atoms with Crippen LogP contribution in [0.5, 0.6) is 0 Å². The van der Waals surface area contributed by atoms with E-state index in [0.717, 1.165) is 10.1 Å². The Morgan fingerprint density at radius 1 is 1.50 bits per heavy atom. The van der Waals surface area contributed by atoms with Crippen molar-refractivity contribution in [3.63, 3.8) is 0 Å². The Morgan fingerprint density at radius 3 is 3.17 bits per heavy atom. The van der Waals surface area contributed by atoms with Crippen LogP contribution in [0.15, 0.2) is 18.2 Å². The Balaban J connectivity index is 2.50. The van der Waals surface area contributed by atoms with Crippen molar-refractivity contribution in [3.05, 3.63) is 29.3 Å². The van der Waals surface area contributed by atoms with Crippen molar-refractivity contribution < 1.29 is 0 Å². The summed E-state index contributed by atoms with van der Waals surface area (Å²) in [6, 6.07) is 6.33. The molecule has 1 aliphatic heterocycles. The number of nitrogens with one attached hydrogen (secondary N) is 1. The number of thiocarbonyl (C=S) groups is 1. The minimum atomic E-state index is 0.886. The molecule has 1 nitrogen and oxygen atoms in total. The molecule has 0 saturated carbocycles. The molecule has 0 atom stereocenters. The van der Waals surface area contributed by atoms with Crippen molar-refractivity contribution in [1.82, 2.24) is 0 Å². The lowest BCUT2D eigenvalue weighted by atomic mass is 10.1. The molecular formula is C9H9NS2. The van der Waals surface area contributed by atoms with Crippen molar-refractivity contribution in [3.8, 4) is 0 Å². The lowest BCUT2D eigenvalue weighted by Gasteiger charge is -2.19. The second-order valence-electron chi connectivity index (χ2n) is 2.81. The zero-order chi connectivity index (χ0) is 8.55. The molecule has 0 radical (unpaired) electrons. The van der Waals surface area contributed by atoms with Gasteiger partial charge in [-0.2, -0.15) is 0 Å². The zero-order valence-corrected chi connectivity index (χ0v) is 8.39. The quantitative estimate of drug-likeness (QED) is 0.639. The van der Waals surface area contributed by atoms with E-state index in [1.807, 2.05) is 0 Å². The first kappa shape index (κ1) is 8.08. The molecule has 0 aromatic heterocycles. The van der Waals surface area contributed by atoms with E-state index in [2.05, 4.69) is 30.4 Å². The molecule has 1 aromatic rings. The number of thioether (sulfide) groups is 1. The highest BCUT2D eigenvalue weighted by Crippen LogP contribution is 2.30. The lowest BCUT2D eigenvalue weighted by Crippen LogP contribution is -2.13. The highest BCUT2D eigenvalue weighted by molar-refractivity contribution is 8.22. The van der Waals surface area contributed by atoms with Crippen LogP contribution in [0.3, 0.4) is 0 Å². The number of rotatable bonds is 0. The maximum absolute atomic E-state index is 5.09. The van der Waals surface area contributed by atoms with Gasteiger partial charge in [-0.3, -0.25) is 0 Å². The first-order valence-corrected chi connectivity index (χ1v) is 5.19. The van der Waals surface area contributed by atoms with E-state index in [-0.39, 0.29) is 0 Å². The van der Waals surface area contributed by atoms with Gasteiger partial charge in [0.2, 0.25) is 0 Å². The predicted octanol–water partition coefficient (Wildman–Crippen LogP) is 2.94. The third-order valence-corrected chi connectivity index (χ3v) is 3.22. The van der Waals surface area contributed by atoms with Gasteiger partial charge >= 0.3 is 0 Å². The molecule has 1 N–H and O–H groups in total. The van der Waals surface area contributed by atoms with Gasteiger partial charge in [-0.25, -0.2) is 0 Å². The molecule has 3 heteroatoms. The molecule has 0 saturated heterocycles. The van der Waals surface area contributed by atoms with Gasteiger partial charge in [-0.1, -0.05) is 42.2 Å². The van der Waals surface area contributed by atoms with Gasteiger partial charge in [0.25, 0.3) is 0 Å². The van der Waals surface area contributed by atoms with Crippen LogP contribution in [0.4, 0.5) is 5.69 Å². The predicted molar refractivity (Wildman–Crippen MR) is 58.7 cm³/mol. The maximum Gasteiger partial charge on any atom is 0.138 e. The number of anilines is 1. The maximum atomic E-state index is 5.09. The third kappa shape index (κ3) is 1.34. The van der Waals surface area contributed by atoms with Gasteiger partial charge in [0.05, 0.1) is 0 Å². The molecule has 0 amide bonds. The first-order chi connectivity index (χ1) is 5.77. The van der Waals surface area contributed by atoms with Crippen LogP contribution >= 0.6 is 24.0 Å². The monoisotopic (exact) mass is 195 g/mol. The molecule has 0 aliphatic carbocycles. The molecular weight excluding hydrogens is 186 g/mol. The molecule has 0 bridgehead atoms. The Labute approximate surface area is 81.6 Å². The van der Waals surface area contributed by atoms with Gasteiger partial charge in [-0.05, 0) is 18.1 Å². The Bertz CT molecular complexity index is 333. The van der Waals surface area contributed by atoms with Gasteiger partial charge in [0, 0.05) is 11.4 Å². The second-order valence-corrected chi connectivity index (χ2v) is 4.46. The van der Waals surface area contributed by atoms with Crippen LogP contribution in [-0.4, -0.2) is 4.32 Å². The smallest absolute Gasteiger partial charge is 0.138 e. The van der Waals surface area contributed by atoms with Gasteiger partial charge < -0.3 is 5.32 Å². The normalized spacial score (nSPS) is 15.2. The summed E-state index contributed by atoms with van der Waals surface area (Å²) in [6.45, 7) is 2.10. The van der Waals surface area contributed by atoms with E-state index in [1.165, 1.54) is 16.8 Å². The Morgan fingerprint density at radius 2 is 2.33 bits per heavy atom. The lowest BCUT2D eigenvalue weighted by molar-refractivity contribution is 1.35. The highest BCUT2D eigenvalue weighted by Gasteiger charge is 2.13. The van der Waals surface area contributed by atoms with Gasteiger partial charge in [0.1, 0.15) is 4.32 Å². The van der Waals surface area contributed by atoms with Crippen molar-refractivity contribution in [2.24, 2.45) is 0 Å². The summed E-state index contributed by atoms with van der Waals surface area (Å²) in [5, 5.41) is 3.22. The van der Waals surface area contributed by atoms with Crippen molar-refractivity contribution >= 4 is 34.0 Å². The number of para-hydroxylation sites is 1. The summed E-state index contributed by atoms with van der Waals surface area (Å²) in [4.78, 5) is 0. The third-order valence-electron chi connectivity index (χ3n) is 1.94. The average molecular weight is 195 g/mol. The second kappa shape index (κ2) is 3.07. The minimum absolute atomic E-state index is 0.886.